The Bertz CT molecular complexity index is 735. The SMILES string of the molecule is S=P1(S)S[P+]([S-])(NCC23CC4CC(CC(C4)C2)C3)N1CC12CC3CC(CC(C3)C1)C2. The molecule has 0 aromatic rings. The van der Waals surface area contributed by atoms with Crippen LogP contribution >= 0.6 is 33.8 Å². The zero-order chi connectivity index (χ0) is 20.4. The number of hydrogen-bond donors (Lipinski definition) is 2. The van der Waals surface area contributed by atoms with Gasteiger partial charge in [-0.05, 0) is 123 Å². The zero-order valence-electron chi connectivity index (χ0n) is 17.9. The quantitative estimate of drug-likeness (QED) is 0.223. The molecule has 8 bridgehead atoms. The van der Waals surface area contributed by atoms with Crippen LogP contribution < -0.4 is 5.09 Å². The van der Waals surface area contributed by atoms with Crippen LogP contribution in [0.15, 0.2) is 0 Å². The Labute approximate surface area is 202 Å². The second kappa shape index (κ2) is 7.05. The van der Waals surface area contributed by atoms with Crippen LogP contribution in [0.4, 0.5) is 0 Å². The summed E-state index contributed by atoms with van der Waals surface area (Å²) in [7, 11) is 0. The highest BCUT2D eigenvalue weighted by atomic mass is 33.5. The Morgan fingerprint density at radius 3 is 1.67 bits per heavy atom. The predicted molar refractivity (Wildman–Crippen MR) is 141 cm³/mol. The maximum absolute atomic E-state index is 6.41. The molecule has 0 aromatic heterocycles. The summed E-state index contributed by atoms with van der Waals surface area (Å²) >= 11 is 19.5. The summed E-state index contributed by atoms with van der Waals surface area (Å²) in [4.78, 5) is 0. The second-order valence-corrected chi connectivity index (χ2v) is 29.6. The van der Waals surface area contributed by atoms with E-state index in [1.807, 2.05) is 11.0 Å². The van der Waals surface area contributed by atoms with E-state index in [0.717, 1.165) is 35.5 Å². The van der Waals surface area contributed by atoms with Gasteiger partial charge in [0.25, 0.3) is 0 Å². The second-order valence-electron chi connectivity index (χ2n) is 12.8. The van der Waals surface area contributed by atoms with E-state index in [0.29, 0.717) is 10.8 Å². The highest BCUT2D eigenvalue weighted by molar-refractivity contribution is 9.22. The lowest BCUT2D eigenvalue weighted by atomic mass is 9.49. The number of rotatable bonds is 5. The van der Waals surface area contributed by atoms with Crippen LogP contribution in [0.2, 0.25) is 0 Å². The minimum atomic E-state index is -1.77. The summed E-state index contributed by atoms with van der Waals surface area (Å²) in [6.45, 7) is 2.34. The summed E-state index contributed by atoms with van der Waals surface area (Å²) in [5.41, 5.74) is 1.08. The van der Waals surface area contributed by atoms with Gasteiger partial charge in [0, 0.05) is 13.1 Å². The molecular weight excluding hydrogens is 482 g/mol. The first-order valence-electron chi connectivity index (χ1n) is 12.4. The van der Waals surface area contributed by atoms with E-state index in [4.69, 9.17) is 36.3 Å². The van der Waals surface area contributed by atoms with Gasteiger partial charge in [0.05, 0.1) is 11.0 Å². The monoisotopic (exact) mass is 518 g/mol. The normalized spacial score (nSPS) is 60.9. The number of hydrogen-bond acceptors (Lipinski definition) is 4. The predicted octanol–water partition coefficient (Wildman–Crippen LogP) is 7.44. The van der Waals surface area contributed by atoms with Crippen LogP contribution in [0.5, 0.6) is 0 Å². The molecule has 1 saturated heterocycles. The van der Waals surface area contributed by atoms with Crippen molar-refractivity contribution in [3.63, 3.8) is 0 Å². The molecule has 0 aromatic carbocycles. The third kappa shape index (κ3) is 3.42. The van der Waals surface area contributed by atoms with Gasteiger partial charge in [-0.1, -0.05) is 11.8 Å². The molecule has 2 nitrogen and oxygen atoms in total. The Morgan fingerprint density at radius 1 is 0.867 bits per heavy atom. The van der Waals surface area contributed by atoms with E-state index in [1.54, 1.807) is 0 Å². The Kier molecular flexibility index (Phi) is 5.02. The zero-order valence-corrected chi connectivity index (χ0v) is 23.0. The fourth-order valence-corrected chi connectivity index (χ4v) is 37.9. The summed E-state index contributed by atoms with van der Waals surface area (Å²) in [6, 6.07) is 0. The molecule has 8 saturated carbocycles. The van der Waals surface area contributed by atoms with Crippen molar-refractivity contribution in [3.8, 4) is 0 Å². The van der Waals surface area contributed by atoms with Crippen LogP contribution in [-0.4, -0.2) is 17.5 Å². The molecule has 0 radical (unpaired) electrons. The summed E-state index contributed by atoms with van der Waals surface area (Å²) in [5, 5.41) is 4.07. The van der Waals surface area contributed by atoms with Crippen LogP contribution in [0.25, 0.3) is 0 Å². The van der Waals surface area contributed by atoms with E-state index in [9.17, 15) is 0 Å². The fourth-order valence-electron chi connectivity index (χ4n) is 10.2. The minimum absolute atomic E-state index is 0.523. The Balaban J connectivity index is 1.08. The lowest BCUT2D eigenvalue weighted by Gasteiger charge is -2.62. The van der Waals surface area contributed by atoms with Gasteiger partial charge in [-0.2, -0.15) is 5.09 Å². The summed E-state index contributed by atoms with van der Waals surface area (Å²) < 4.78 is 0.883. The molecule has 8 aliphatic carbocycles. The smallest absolute Gasteiger partial charge is 0.190 e. The summed E-state index contributed by atoms with van der Waals surface area (Å²) in [6.07, 6.45) is 17.9. The van der Waals surface area contributed by atoms with Gasteiger partial charge in [-0.25, -0.2) is 0 Å². The van der Waals surface area contributed by atoms with E-state index < -0.39 is 10.6 Å². The maximum Gasteiger partial charge on any atom is 0.190 e. The van der Waals surface area contributed by atoms with Crippen molar-refractivity contribution in [2.45, 2.75) is 77.0 Å². The molecule has 30 heavy (non-hydrogen) atoms. The van der Waals surface area contributed by atoms with Gasteiger partial charge in [-0.3, -0.25) is 0 Å². The number of nitrogens with zero attached hydrogens (tertiary/aromatic N) is 1. The standard InChI is InChI=1S/C22H36N2P2S4/c27-25(23-13-21-7-15-1-16(8-21)3-17(2-15)9-21)24(26(28,29)30-25)14-22-10-18-4-19(11-22)6-20(5-18)12-22/h15-20H,1-14H2,(H,23,27)(H,28,29). The van der Waals surface area contributed by atoms with E-state index in [2.05, 4.69) is 9.53 Å². The van der Waals surface area contributed by atoms with Crippen molar-refractivity contribution in [1.29, 1.82) is 0 Å². The van der Waals surface area contributed by atoms with Gasteiger partial charge in [0.1, 0.15) is 5.97 Å². The maximum atomic E-state index is 6.41. The third-order valence-electron chi connectivity index (χ3n) is 10.3. The first-order chi connectivity index (χ1) is 14.2. The fraction of sp³-hybridized carbons (Fsp3) is 1.00. The molecule has 2 atom stereocenters. The molecule has 8 heteroatoms. The van der Waals surface area contributed by atoms with Crippen molar-refractivity contribution in [3.05, 3.63) is 0 Å². The highest BCUT2D eigenvalue weighted by Gasteiger charge is 2.62. The Morgan fingerprint density at radius 2 is 1.27 bits per heavy atom. The molecule has 9 fully saturated rings. The van der Waals surface area contributed by atoms with Gasteiger partial charge >= 0.3 is 0 Å². The van der Waals surface area contributed by atoms with Crippen molar-refractivity contribution in [2.75, 3.05) is 13.1 Å². The van der Waals surface area contributed by atoms with E-state index >= 15 is 0 Å². The molecule has 9 rings (SSSR count). The van der Waals surface area contributed by atoms with Crippen LogP contribution in [-0.2, 0) is 24.1 Å². The first kappa shape index (κ1) is 21.3. The topological polar surface area (TPSA) is 15.3 Å². The van der Waals surface area contributed by atoms with Crippen LogP contribution in [0, 0.1) is 46.3 Å². The molecule has 1 N–H and O–H groups in total. The molecule has 1 heterocycles. The van der Waals surface area contributed by atoms with Crippen molar-refractivity contribution in [2.24, 2.45) is 46.3 Å². The van der Waals surface area contributed by atoms with Crippen molar-refractivity contribution in [1.82, 2.24) is 9.53 Å². The van der Waals surface area contributed by atoms with E-state index in [-0.39, 0.29) is 0 Å². The summed E-state index contributed by atoms with van der Waals surface area (Å²) in [5.74, 6) is 4.29. The first-order valence-corrected chi connectivity index (χ1v) is 21.1. The molecule has 1 aliphatic heterocycles. The molecule has 168 valence electrons. The Hall–Kier alpha value is 2.05. The van der Waals surface area contributed by atoms with Gasteiger partial charge in [0.15, 0.2) is 4.59 Å². The molecule has 9 aliphatic rings. The lowest BCUT2D eigenvalue weighted by Crippen LogP contribution is -2.53. The van der Waals surface area contributed by atoms with Crippen molar-refractivity contribution >= 4 is 57.9 Å². The van der Waals surface area contributed by atoms with Gasteiger partial charge in [0.2, 0.25) is 0 Å². The molecule has 0 spiro atoms. The van der Waals surface area contributed by atoms with Gasteiger partial charge in [-0.15, -0.1) is 16.7 Å². The molecular formula is C22H36N2P2S4. The highest BCUT2D eigenvalue weighted by Crippen LogP contribution is 3.01. The third-order valence-corrected chi connectivity index (χ3v) is 30.8. The average Bonchev–Trinajstić information content (AvgIpc) is 2.62. The average molecular weight is 519 g/mol. The lowest BCUT2D eigenvalue weighted by molar-refractivity contribution is -0.0547. The number of thiol groups is 1. The van der Waals surface area contributed by atoms with E-state index in [1.165, 1.54) is 90.1 Å². The molecule has 2 unspecified atom stereocenters. The minimum Gasteiger partial charge on any atom is -0.505 e. The van der Waals surface area contributed by atoms with Crippen molar-refractivity contribution < 1.29 is 0 Å². The van der Waals surface area contributed by atoms with Crippen LogP contribution in [0.3, 0.4) is 0 Å². The largest absolute Gasteiger partial charge is 0.505 e. The van der Waals surface area contributed by atoms with Gasteiger partial charge < -0.3 is 12.2 Å². The number of nitrogens with one attached hydrogen (secondary N) is 1. The van der Waals surface area contributed by atoms with Crippen LogP contribution in [0.1, 0.15) is 77.0 Å². The molecule has 0 amide bonds.